The summed E-state index contributed by atoms with van der Waals surface area (Å²) in [4.78, 5) is 38.9. The number of fused-ring (bicyclic) bond motifs is 1. The van der Waals surface area contributed by atoms with Crippen molar-refractivity contribution in [3.05, 3.63) is 35.9 Å². The Hall–Kier alpha value is -2.17. The molecule has 2 unspecified atom stereocenters. The van der Waals surface area contributed by atoms with E-state index in [2.05, 4.69) is 0 Å². The first-order valence-corrected chi connectivity index (χ1v) is 9.10. The molecule has 3 aliphatic rings. The number of carbonyl (C=O) groups is 3. The first kappa shape index (κ1) is 16.3. The molecule has 0 aromatic heterocycles. The summed E-state index contributed by atoms with van der Waals surface area (Å²) in [6.07, 6.45) is 3.70. The molecule has 3 fully saturated rings. The van der Waals surface area contributed by atoms with Crippen molar-refractivity contribution in [2.45, 2.75) is 50.7 Å². The molecule has 1 amide bonds. The maximum Gasteiger partial charge on any atom is 0.306 e. The zero-order chi connectivity index (χ0) is 17.4. The lowest BCUT2D eigenvalue weighted by Crippen LogP contribution is -2.59. The van der Waals surface area contributed by atoms with Gasteiger partial charge in [-0.15, -0.1) is 0 Å². The smallest absolute Gasteiger partial charge is 0.306 e. The first-order valence-electron chi connectivity index (χ1n) is 9.10. The summed E-state index contributed by atoms with van der Waals surface area (Å²) in [6.45, 7) is 0.771. The van der Waals surface area contributed by atoms with Crippen molar-refractivity contribution < 1.29 is 19.1 Å². The highest BCUT2D eigenvalue weighted by atomic mass is 16.5. The van der Waals surface area contributed by atoms with E-state index in [4.69, 9.17) is 4.74 Å². The standard InChI is InChI=1S/C20H23NO4/c22-17-6-8-20-9-7-18(23)21(20)12-15(16(17)11-20)10-19(24)25-13-14-4-2-1-3-5-14/h1-5,15-16H,6-13H2/t15-,16?,20?/m1/s1. The lowest BCUT2D eigenvalue weighted by Gasteiger charge is -2.51. The average Bonchev–Trinajstić information content (AvgIpc) is 2.94. The molecule has 4 rings (SSSR count). The van der Waals surface area contributed by atoms with Gasteiger partial charge in [0.2, 0.25) is 5.91 Å². The van der Waals surface area contributed by atoms with Gasteiger partial charge >= 0.3 is 5.97 Å². The fourth-order valence-corrected chi connectivity index (χ4v) is 4.82. The van der Waals surface area contributed by atoms with Crippen molar-refractivity contribution >= 4 is 17.7 Å². The third-order valence-electron chi connectivity index (χ3n) is 6.19. The van der Waals surface area contributed by atoms with Gasteiger partial charge in [0.25, 0.3) is 0 Å². The van der Waals surface area contributed by atoms with E-state index in [9.17, 15) is 14.4 Å². The van der Waals surface area contributed by atoms with Crippen molar-refractivity contribution in [2.75, 3.05) is 6.54 Å². The zero-order valence-corrected chi connectivity index (χ0v) is 14.3. The van der Waals surface area contributed by atoms with Gasteiger partial charge in [-0.05, 0) is 30.7 Å². The highest BCUT2D eigenvalue weighted by Gasteiger charge is 2.55. The molecule has 2 saturated heterocycles. The number of ether oxygens (including phenoxy) is 1. The highest BCUT2D eigenvalue weighted by molar-refractivity contribution is 5.86. The predicted octanol–water partition coefficient (Wildman–Crippen LogP) is 2.48. The largest absolute Gasteiger partial charge is 0.461 e. The molecule has 3 atom stereocenters. The topological polar surface area (TPSA) is 63.7 Å². The van der Waals surface area contributed by atoms with E-state index in [0.717, 1.165) is 24.8 Å². The fourth-order valence-electron chi connectivity index (χ4n) is 4.82. The van der Waals surface area contributed by atoms with Gasteiger partial charge in [-0.25, -0.2) is 0 Å². The molecular weight excluding hydrogens is 318 g/mol. The van der Waals surface area contributed by atoms with Gasteiger partial charge in [0.15, 0.2) is 0 Å². The molecule has 1 saturated carbocycles. The third-order valence-corrected chi connectivity index (χ3v) is 6.19. The van der Waals surface area contributed by atoms with Crippen LogP contribution in [0.2, 0.25) is 0 Å². The van der Waals surface area contributed by atoms with Crippen molar-refractivity contribution in [3.63, 3.8) is 0 Å². The van der Waals surface area contributed by atoms with Crippen LogP contribution in [-0.4, -0.2) is 34.6 Å². The van der Waals surface area contributed by atoms with Crippen molar-refractivity contribution in [1.82, 2.24) is 4.90 Å². The Morgan fingerprint density at radius 3 is 2.72 bits per heavy atom. The highest BCUT2D eigenvalue weighted by Crippen LogP contribution is 2.50. The number of benzene rings is 1. The molecule has 2 heterocycles. The molecule has 2 aliphatic heterocycles. The number of rotatable bonds is 4. The maximum absolute atomic E-state index is 12.4. The van der Waals surface area contributed by atoms with Gasteiger partial charge < -0.3 is 9.64 Å². The van der Waals surface area contributed by atoms with Gasteiger partial charge in [-0.1, -0.05) is 30.3 Å². The molecule has 25 heavy (non-hydrogen) atoms. The Balaban J connectivity index is 1.42. The van der Waals surface area contributed by atoms with Crippen molar-refractivity contribution in [1.29, 1.82) is 0 Å². The zero-order valence-electron chi connectivity index (χ0n) is 14.3. The third kappa shape index (κ3) is 2.96. The summed E-state index contributed by atoms with van der Waals surface area (Å²) < 4.78 is 5.39. The number of esters is 1. The van der Waals surface area contributed by atoms with Crippen molar-refractivity contribution in [2.24, 2.45) is 11.8 Å². The molecule has 5 heteroatoms. The van der Waals surface area contributed by atoms with E-state index in [1.165, 1.54) is 0 Å². The van der Waals surface area contributed by atoms with E-state index in [1.807, 2.05) is 35.2 Å². The lowest BCUT2D eigenvalue weighted by molar-refractivity contribution is -0.154. The molecule has 1 aromatic rings. The summed E-state index contributed by atoms with van der Waals surface area (Å²) in [5.41, 5.74) is 0.835. The normalized spacial score (nSPS) is 31.0. The van der Waals surface area contributed by atoms with E-state index in [0.29, 0.717) is 19.4 Å². The van der Waals surface area contributed by atoms with Crippen LogP contribution in [0.5, 0.6) is 0 Å². The van der Waals surface area contributed by atoms with Crippen LogP contribution >= 0.6 is 0 Å². The fraction of sp³-hybridized carbons (Fsp3) is 0.550. The monoisotopic (exact) mass is 341 g/mol. The van der Waals surface area contributed by atoms with Crippen LogP contribution < -0.4 is 0 Å². The Bertz CT molecular complexity index is 701. The number of amides is 1. The van der Waals surface area contributed by atoms with Gasteiger partial charge in [0, 0.05) is 30.8 Å². The Morgan fingerprint density at radius 1 is 1.16 bits per heavy atom. The second-order valence-corrected chi connectivity index (χ2v) is 7.62. The quantitative estimate of drug-likeness (QED) is 0.789. The van der Waals surface area contributed by atoms with Gasteiger partial charge in [-0.3, -0.25) is 14.4 Å². The Labute approximate surface area is 147 Å². The lowest BCUT2D eigenvalue weighted by atomic mass is 9.65. The molecule has 132 valence electrons. The molecule has 2 bridgehead atoms. The van der Waals surface area contributed by atoms with Crippen LogP contribution in [-0.2, 0) is 25.7 Å². The van der Waals surface area contributed by atoms with Gasteiger partial charge in [-0.2, -0.15) is 0 Å². The summed E-state index contributed by atoms with van der Waals surface area (Å²) in [6, 6.07) is 9.56. The summed E-state index contributed by atoms with van der Waals surface area (Å²) in [5.74, 6) is -0.0567. The summed E-state index contributed by atoms with van der Waals surface area (Å²) >= 11 is 0. The second kappa shape index (κ2) is 6.28. The maximum atomic E-state index is 12.4. The number of ketones is 1. The van der Waals surface area contributed by atoms with Crippen molar-refractivity contribution in [3.8, 4) is 0 Å². The molecule has 0 radical (unpaired) electrons. The number of piperidine rings is 1. The second-order valence-electron chi connectivity index (χ2n) is 7.62. The predicted molar refractivity (Wildman–Crippen MR) is 90.4 cm³/mol. The van der Waals surface area contributed by atoms with E-state index in [1.54, 1.807) is 0 Å². The number of Topliss-reactive ketones (excluding diaryl/α,β-unsaturated/α-hetero) is 1. The van der Waals surface area contributed by atoms with Crippen LogP contribution in [0.15, 0.2) is 30.3 Å². The average molecular weight is 341 g/mol. The Morgan fingerprint density at radius 2 is 1.92 bits per heavy atom. The molecule has 1 aliphatic carbocycles. The summed E-state index contributed by atoms with van der Waals surface area (Å²) in [5, 5.41) is 0. The number of carbonyl (C=O) groups excluding carboxylic acids is 3. The van der Waals surface area contributed by atoms with Crippen LogP contribution in [0.1, 0.15) is 44.1 Å². The molecule has 1 spiro atoms. The minimum absolute atomic E-state index is 0.0971. The van der Waals surface area contributed by atoms with E-state index < -0.39 is 0 Å². The minimum Gasteiger partial charge on any atom is -0.461 e. The SMILES string of the molecule is O=C(C[C@@H]1CN2C(=O)CCC23CCC(=O)C1C3)OCc1ccccc1. The van der Waals surface area contributed by atoms with E-state index in [-0.39, 0.29) is 48.1 Å². The number of hydrogen-bond donors (Lipinski definition) is 0. The molecule has 1 aromatic carbocycles. The molecule has 5 nitrogen and oxygen atoms in total. The number of nitrogens with zero attached hydrogens (tertiary/aromatic N) is 1. The van der Waals surface area contributed by atoms with Gasteiger partial charge in [0.1, 0.15) is 12.4 Å². The van der Waals surface area contributed by atoms with Crippen LogP contribution in [0, 0.1) is 11.8 Å². The summed E-state index contributed by atoms with van der Waals surface area (Å²) in [7, 11) is 0. The van der Waals surface area contributed by atoms with Crippen LogP contribution in [0.4, 0.5) is 0 Å². The van der Waals surface area contributed by atoms with Crippen LogP contribution in [0.25, 0.3) is 0 Å². The van der Waals surface area contributed by atoms with Gasteiger partial charge in [0.05, 0.1) is 6.42 Å². The Kier molecular flexibility index (Phi) is 4.10. The molecule has 0 N–H and O–H groups in total. The van der Waals surface area contributed by atoms with Crippen LogP contribution in [0.3, 0.4) is 0 Å². The minimum atomic E-state index is -0.286. The molecular formula is C20H23NO4. The number of hydrogen-bond acceptors (Lipinski definition) is 4. The van der Waals surface area contributed by atoms with E-state index >= 15 is 0 Å². The first-order chi connectivity index (χ1) is 12.1.